The van der Waals surface area contributed by atoms with E-state index in [-0.39, 0.29) is 0 Å². The van der Waals surface area contributed by atoms with Crippen LogP contribution in [0, 0.1) is 0 Å². The first-order valence-corrected chi connectivity index (χ1v) is 5.79. The van der Waals surface area contributed by atoms with E-state index >= 15 is 0 Å². The van der Waals surface area contributed by atoms with Crippen molar-refractivity contribution < 1.29 is 4.74 Å². The van der Waals surface area contributed by atoms with E-state index in [4.69, 9.17) is 16.3 Å². The Balaban J connectivity index is 2.06. The number of hydrogen-bond donors (Lipinski definition) is 0. The average molecular weight is 206 g/mol. The van der Waals surface area contributed by atoms with E-state index in [1.165, 1.54) is 19.4 Å². The fraction of sp³-hybridized carbons (Fsp3) is 1.00. The van der Waals surface area contributed by atoms with Gasteiger partial charge in [0.2, 0.25) is 0 Å². The summed E-state index contributed by atoms with van der Waals surface area (Å²) in [5.74, 6) is 0.786. The van der Waals surface area contributed by atoms with Crippen molar-refractivity contribution in [1.82, 2.24) is 4.90 Å². The van der Waals surface area contributed by atoms with Crippen molar-refractivity contribution in [3.8, 4) is 0 Å². The number of rotatable bonds is 6. The lowest BCUT2D eigenvalue weighted by molar-refractivity contribution is 0.131. The molecule has 0 spiro atoms. The first-order valence-electron chi connectivity index (χ1n) is 5.26. The highest BCUT2D eigenvalue weighted by Gasteiger charge is 2.22. The molecule has 1 heterocycles. The van der Waals surface area contributed by atoms with Crippen LogP contribution in [0.15, 0.2) is 0 Å². The van der Waals surface area contributed by atoms with Crippen molar-refractivity contribution in [2.75, 3.05) is 32.2 Å². The second-order valence-corrected chi connectivity index (χ2v) is 3.85. The van der Waals surface area contributed by atoms with Gasteiger partial charge >= 0.3 is 0 Å². The molecule has 1 rings (SSSR count). The molecule has 0 aromatic rings. The first-order chi connectivity index (χ1) is 6.38. The van der Waals surface area contributed by atoms with Crippen molar-refractivity contribution in [2.45, 2.75) is 32.2 Å². The fourth-order valence-corrected chi connectivity index (χ4v) is 2.23. The molecule has 0 aliphatic carbocycles. The molecule has 2 nitrogen and oxygen atoms in total. The second-order valence-electron chi connectivity index (χ2n) is 3.54. The normalized spacial score (nSPS) is 24.0. The number of likely N-dealkylation sites (tertiary alicyclic amines) is 1. The van der Waals surface area contributed by atoms with Crippen LogP contribution in [0.4, 0.5) is 0 Å². The van der Waals surface area contributed by atoms with Gasteiger partial charge in [-0.15, -0.1) is 11.6 Å². The Labute approximate surface area is 86.2 Å². The first kappa shape index (κ1) is 11.3. The van der Waals surface area contributed by atoms with Crippen LogP contribution in [0.3, 0.4) is 0 Å². The molecule has 13 heavy (non-hydrogen) atoms. The summed E-state index contributed by atoms with van der Waals surface area (Å²) in [6.07, 6.45) is 3.73. The number of hydrogen-bond acceptors (Lipinski definition) is 2. The molecule has 1 unspecified atom stereocenters. The fourth-order valence-electron chi connectivity index (χ4n) is 1.88. The molecule has 0 bridgehead atoms. The van der Waals surface area contributed by atoms with Gasteiger partial charge in [0.25, 0.3) is 0 Å². The van der Waals surface area contributed by atoms with Gasteiger partial charge < -0.3 is 4.74 Å². The predicted molar refractivity (Wildman–Crippen MR) is 56.4 cm³/mol. The number of nitrogens with zero attached hydrogens (tertiary/aromatic N) is 1. The highest BCUT2D eigenvalue weighted by molar-refractivity contribution is 6.18. The zero-order valence-electron chi connectivity index (χ0n) is 8.47. The van der Waals surface area contributed by atoms with Crippen LogP contribution in [0.1, 0.15) is 26.2 Å². The third-order valence-corrected chi connectivity index (χ3v) is 2.97. The predicted octanol–water partition coefficient (Wildman–Crippen LogP) is 2.12. The molecule has 0 radical (unpaired) electrons. The van der Waals surface area contributed by atoms with E-state index in [2.05, 4.69) is 4.90 Å². The van der Waals surface area contributed by atoms with Crippen LogP contribution in [0.5, 0.6) is 0 Å². The minimum Gasteiger partial charge on any atom is -0.382 e. The summed E-state index contributed by atoms with van der Waals surface area (Å²) in [6, 6.07) is 0.628. The molecule has 0 amide bonds. The smallest absolute Gasteiger partial charge is 0.0478 e. The summed E-state index contributed by atoms with van der Waals surface area (Å²) in [5.41, 5.74) is 0. The number of halogens is 1. The third-order valence-electron chi connectivity index (χ3n) is 2.62. The maximum atomic E-state index is 5.87. The van der Waals surface area contributed by atoms with E-state index < -0.39 is 0 Å². The third kappa shape index (κ3) is 3.84. The number of ether oxygens (including phenoxy) is 1. The standard InChI is InChI=1S/C10H20ClNO/c1-2-13-8-4-7-12-6-3-5-10(12)9-11/h10H,2-9H2,1H3. The molecule has 78 valence electrons. The maximum absolute atomic E-state index is 5.87. The monoisotopic (exact) mass is 205 g/mol. The van der Waals surface area contributed by atoms with E-state index in [1.807, 2.05) is 6.92 Å². The minimum atomic E-state index is 0.628. The van der Waals surface area contributed by atoms with Crippen LogP contribution in [-0.4, -0.2) is 43.1 Å². The molecule has 1 aliphatic heterocycles. The molecule has 0 N–H and O–H groups in total. The molecule has 1 atom stereocenters. The highest BCUT2D eigenvalue weighted by atomic mass is 35.5. The van der Waals surface area contributed by atoms with Crippen LogP contribution in [0.2, 0.25) is 0 Å². The van der Waals surface area contributed by atoms with Gasteiger partial charge in [0, 0.05) is 31.7 Å². The summed E-state index contributed by atoms with van der Waals surface area (Å²) in [4.78, 5) is 2.49. The van der Waals surface area contributed by atoms with Crippen molar-refractivity contribution >= 4 is 11.6 Å². The summed E-state index contributed by atoms with van der Waals surface area (Å²) in [5, 5.41) is 0. The van der Waals surface area contributed by atoms with E-state index in [0.717, 1.165) is 32.1 Å². The van der Waals surface area contributed by atoms with Crippen molar-refractivity contribution in [3.05, 3.63) is 0 Å². The van der Waals surface area contributed by atoms with Gasteiger partial charge in [0.15, 0.2) is 0 Å². The van der Waals surface area contributed by atoms with Crippen LogP contribution in [-0.2, 0) is 4.74 Å². The average Bonchev–Trinajstić information content (AvgIpc) is 2.60. The van der Waals surface area contributed by atoms with Gasteiger partial charge in [-0.2, -0.15) is 0 Å². The Morgan fingerprint density at radius 3 is 3.08 bits per heavy atom. The molecule has 3 heteroatoms. The van der Waals surface area contributed by atoms with Crippen LogP contribution < -0.4 is 0 Å². The Hall–Kier alpha value is 0.210. The summed E-state index contributed by atoms with van der Waals surface area (Å²) >= 11 is 5.87. The zero-order valence-corrected chi connectivity index (χ0v) is 9.22. The number of alkyl halides is 1. The molecule has 1 aliphatic rings. The van der Waals surface area contributed by atoms with Crippen molar-refractivity contribution in [1.29, 1.82) is 0 Å². The quantitative estimate of drug-likeness (QED) is 0.487. The van der Waals surface area contributed by atoms with Gasteiger partial charge in [0.1, 0.15) is 0 Å². The highest BCUT2D eigenvalue weighted by Crippen LogP contribution is 2.18. The Kier molecular flexibility index (Phi) is 5.76. The van der Waals surface area contributed by atoms with Gasteiger partial charge in [-0.25, -0.2) is 0 Å². The topological polar surface area (TPSA) is 12.5 Å². The zero-order chi connectivity index (χ0) is 9.52. The second kappa shape index (κ2) is 6.63. The summed E-state index contributed by atoms with van der Waals surface area (Å²) in [7, 11) is 0. The van der Waals surface area contributed by atoms with Crippen LogP contribution in [0.25, 0.3) is 0 Å². The van der Waals surface area contributed by atoms with Crippen molar-refractivity contribution in [2.24, 2.45) is 0 Å². The largest absolute Gasteiger partial charge is 0.382 e. The Morgan fingerprint density at radius 2 is 2.38 bits per heavy atom. The molecule has 1 fully saturated rings. The SMILES string of the molecule is CCOCCCN1CCCC1CCl. The maximum Gasteiger partial charge on any atom is 0.0478 e. The summed E-state index contributed by atoms with van der Waals surface area (Å²) < 4.78 is 5.30. The summed E-state index contributed by atoms with van der Waals surface area (Å²) in [6.45, 7) is 6.14. The molecule has 0 aromatic carbocycles. The van der Waals surface area contributed by atoms with Gasteiger partial charge in [-0.1, -0.05) is 0 Å². The Morgan fingerprint density at radius 1 is 1.54 bits per heavy atom. The molecular formula is C10H20ClNO. The van der Waals surface area contributed by atoms with Gasteiger partial charge in [-0.3, -0.25) is 4.90 Å². The molecule has 1 saturated heterocycles. The van der Waals surface area contributed by atoms with E-state index in [9.17, 15) is 0 Å². The minimum absolute atomic E-state index is 0.628. The van der Waals surface area contributed by atoms with E-state index in [1.54, 1.807) is 0 Å². The lowest BCUT2D eigenvalue weighted by Gasteiger charge is -2.22. The van der Waals surface area contributed by atoms with Crippen LogP contribution >= 0.6 is 11.6 Å². The lowest BCUT2D eigenvalue weighted by Crippen LogP contribution is -2.32. The lowest BCUT2D eigenvalue weighted by atomic mass is 10.2. The molecule has 0 saturated carbocycles. The molecular weight excluding hydrogens is 186 g/mol. The van der Waals surface area contributed by atoms with Gasteiger partial charge in [-0.05, 0) is 32.7 Å². The Bertz CT molecular complexity index is 132. The van der Waals surface area contributed by atoms with E-state index in [0.29, 0.717) is 6.04 Å². The molecule has 0 aromatic heterocycles. The van der Waals surface area contributed by atoms with Crippen molar-refractivity contribution in [3.63, 3.8) is 0 Å². The van der Waals surface area contributed by atoms with Gasteiger partial charge in [0.05, 0.1) is 0 Å².